The van der Waals surface area contributed by atoms with Gasteiger partial charge < -0.3 is 28.7 Å². The van der Waals surface area contributed by atoms with E-state index in [1.54, 1.807) is 21.0 Å². The lowest BCUT2D eigenvalue weighted by atomic mass is 9.74. The van der Waals surface area contributed by atoms with E-state index in [1.165, 1.54) is 0 Å². The van der Waals surface area contributed by atoms with Crippen LogP contribution in [0.3, 0.4) is 0 Å². The van der Waals surface area contributed by atoms with Gasteiger partial charge in [0.15, 0.2) is 12.1 Å². The zero-order valence-corrected chi connectivity index (χ0v) is 27.8. The summed E-state index contributed by atoms with van der Waals surface area (Å²) in [6.07, 6.45) is 3.51. The highest BCUT2D eigenvalue weighted by Gasteiger charge is 2.50. The summed E-state index contributed by atoms with van der Waals surface area (Å²) in [5.74, 6) is -0.654. The molecule has 0 aromatic rings. The number of likely N-dealkylation sites (tertiary alicyclic amines) is 1. The predicted molar refractivity (Wildman–Crippen MR) is 161 cm³/mol. The van der Waals surface area contributed by atoms with Gasteiger partial charge >= 0.3 is 5.97 Å². The largest absolute Gasteiger partial charge is 0.463 e. The van der Waals surface area contributed by atoms with Gasteiger partial charge in [-0.25, -0.2) is 0 Å². The number of Topliss-reactive ketones (excluding diaryl/α,β-unsaturated/α-hetero) is 1. The van der Waals surface area contributed by atoms with Crippen molar-refractivity contribution in [3.63, 3.8) is 0 Å². The van der Waals surface area contributed by atoms with Gasteiger partial charge in [0.1, 0.15) is 12.0 Å². The molecule has 0 saturated carbocycles. The molecule has 0 bridgehead atoms. The van der Waals surface area contributed by atoms with Crippen molar-refractivity contribution < 1.29 is 28.5 Å². The second-order valence-electron chi connectivity index (χ2n) is 14.4. The Morgan fingerprint density at radius 1 is 1.02 bits per heavy atom. The molecule has 0 aliphatic carbocycles. The van der Waals surface area contributed by atoms with E-state index in [0.29, 0.717) is 24.8 Å². The van der Waals surface area contributed by atoms with Crippen LogP contribution in [0.4, 0.5) is 0 Å². The quantitative estimate of drug-likeness (QED) is 0.357. The minimum atomic E-state index is -1.32. The first-order valence-electron chi connectivity index (χ1n) is 15.7. The van der Waals surface area contributed by atoms with Gasteiger partial charge in [-0.05, 0) is 99.9 Å². The molecular formula is C32H59N3O6. The van der Waals surface area contributed by atoms with E-state index in [9.17, 15) is 9.59 Å². The van der Waals surface area contributed by atoms with Gasteiger partial charge in [-0.3, -0.25) is 14.5 Å². The van der Waals surface area contributed by atoms with E-state index in [1.807, 2.05) is 13.8 Å². The smallest absolute Gasteiger partial charge is 0.319 e. The number of carbonyl (C=O) groups is 2. The molecule has 0 amide bonds. The summed E-state index contributed by atoms with van der Waals surface area (Å²) in [7, 11) is 10.2. The molecule has 1 unspecified atom stereocenters. The summed E-state index contributed by atoms with van der Waals surface area (Å²) in [6.45, 7) is 14.8. The molecule has 3 fully saturated rings. The maximum Gasteiger partial charge on any atom is 0.319 e. The fraction of sp³-hybridized carbons (Fsp3) is 0.938. The Labute approximate surface area is 249 Å². The second kappa shape index (κ2) is 14.1. The third-order valence-electron chi connectivity index (χ3n) is 10.1. The topological polar surface area (TPSA) is 80.8 Å². The molecule has 3 aliphatic rings. The Bertz CT molecular complexity index is 883. The van der Waals surface area contributed by atoms with E-state index in [-0.39, 0.29) is 30.5 Å². The number of likely N-dealkylation sites (N-methyl/N-ethyl adjacent to an activating group) is 1. The first-order chi connectivity index (χ1) is 19.1. The highest BCUT2D eigenvalue weighted by atomic mass is 16.7. The summed E-state index contributed by atoms with van der Waals surface area (Å²) >= 11 is 0. The number of ketones is 1. The van der Waals surface area contributed by atoms with Crippen LogP contribution in [0.5, 0.6) is 0 Å². The summed E-state index contributed by atoms with van der Waals surface area (Å²) in [4.78, 5) is 34.6. The van der Waals surface area contributed by atoms with Gasteiger partial charge in [-0.1, -0.05) is 13.8 Å². The molecule has 0 spiro atoms. The minimum Gasteiger partial charge on any atom is -0.463 e. The SMILES string of the molecule is CO[C@]1(C)C[C@@H](C)CN(C)[C@@H](C2CCCN(C)C2)COC(=O)C(C)(C)C(=O)[C@H](C)[C@H]1O[C@H]1C[C@@H](N(C)C)C[C@@H](C)O1. The Morgan fingerprint density at radius 3 is 2.32 bits per heavy atom. The molecule has 0 radical (unpaired) electrons. The number of hydrogen-bond acceptors (Lipinski definition) is 9. The molecule has 0 aromatic heterocycles. The van der Waals surface area contributed by atoms with Crippen molar-refractivity contribution in [3.05, 3.63) is 0 Å². The van der Waals surface area contributed by atoms with Crippen LogP contribution < -0.4 is 0 Å². The number of methoxy groups -OCH3 is 1. The van der Waals surface area contributed by atoms with Crippen molar-refractivity contribution in [1.82, 2.24) is 14.7 Å². The van der Waals surface area contributed by atoms with Gasteiger partial charge in [0.2, 0.25) is 0 Å². The number of carbonyl (C=O) groups excluding carboxylic acids is 2. The number of ether oxygens (including phenoxy) is 4. The monoisotopic (exact) mass is 581 g/mol. The van der Waals surface area contributed by atoms with E-state index < -0.39 is 35.3 Å². The Balaban J connectivity index is 1.96. The zero-order valence-electron chi connectivity index (χ0n) is 27.8. The number of esters is 1. The standard InChI is InChI=1S/C32H59N3O6/c1-21-17-32(6,38-11)29(41-27-16-25(33(7)8)15-22(2)40-27)23(3)28(36)31(4,5)30(37)39-20-26(35(10)18-21)24-13-12-14-34(9)19-24/h21-27,29H,12-20H2,1-11H3/t21-,22-,23+,24?,25+,26-,27+,29-,32-/m1/s1. The van der Waals surface area contributed by atoms with Crippen molar-refractivity contribution >= 4 is 11.8 Å². The van der Waals surface area contributed by atoms with Gasteiger partial charge in [-0.15, -0.1) is 0 Å². The average molecular weight is 582 g/mol. The van der Waals surface area contributed by atoms with Crippen LogP contribution in [-0.2, 0) is 28.5 Å². The fourth-order valence-corrected chi connectivity index (χ4v) is 7.53. The third kappa shape index (κ3) is 8.30. The van der Waals surface area contributed by atoms with Gasteiger partial charge in [0.25, 0.3) is 0 Å². The van der Waals surface area contributed by atoms with Crippen LogP contribution in [0.15, 0.2) is 0 Å². The molecule has 3 rings (SSSR count). The van der Waals surface area contributed by atoms with Crippen molar-refractivity contribution in [3.8, 4) is 0 Å². The first-order valence-corrected chi connectivity index (χ1v) is 15.7. The van der Waals surface area contributed by atoms with Crippen molar-refractivity contribution in [2.75, 3.05) is 61.5 Å². The van der Waals surface area contributed by atoms with Crippen LogP contribution in [0.25, 0.3) is 0 Å². The van der Waals surface area contributed by atoms with Crippen LogP contribution in [0, 0.1) is 23.2 Å². The molecule has 0 N–H and O–H groups in total. The van der Waals surface area contributed by atoms with Gasteiger partial charge in [0.05, 0.1) is 17.8 Å². The summed E-state index contributed by atoms with van der Waals surface area (Å²) < 4.78 is 25.3. The zero-order chi connectivity index (χ0) is 30.7. The molecule has 9 nitrogen and oxygen atoms in total. The number of rotatable bonds is 5. The molecular weight excluding hydrogens is 522 g/mol. The molecule has 3 aliphatic heterocycles. The summed E-state index contributed by atoms with van der Waals surface area (Å²) in [5.41, 5.74) is -2.10. The summed E-state index contributed by atoms with van der Waals surface area (Å²) in [5, 5.41) is 0. The van der Waals surface area contributed by atoms with Gasteiger partial charge in [0, 0.05) is 44.6 Å². The Morgan fingerprint density at radius 2 is 1.71 bits per heavy atom. The number of piperidine rings is 1. The molecule has 3 heterocycles. The van der Waals surface area contributed by atoms with Crippen molar-refractivity contribution in [2.24, 2.45) is 23.2 Å². The van der Waals surface area contributed by atoms with Crippen molar-refractivity contribution in [2.45, 2.75) is 110 Å². The minimum absolute atomic E-state index is 0.0328. The predicted octanol–water partition coefficient (Wildman–Crippen LogP) is 3.69. The molecule has 9 heteroatoms. The molecule has 9 atom stereocenters. The van der Waals surface area contributed by atoms with Crippen LogP contribution >= 0.6 is 0 Å². The third-order valence-corrected chi connectivity index (χ3v) is 10.1. The Kier molecular flexibility index (Phi) is 11.8. The highest BCUT2D eigenvalue weighted by Crippen LogP contribution is 2.38. The fourth-order valence-electron chi connectivity index (χ4n) is 7.53. The Hall–Kier alpha value is -1.10. The van der Waals surface area contributed by atoms with E-state index in [0.717, 1.165) is 38.9 Å². The molecule has 41 heavy (non-hydrogen) atoms. The summed E-state index contributed by atoms with van der Waals surface area (Å²) in [6, 6.07) is 0.391. The lowest BCUT2D eigenvalue weighted by molar-refractivity contribution is -0.263. The maximum atomic E-state index is 14.1. The molecule has 0 aromatic carbocycles. The molecule has 3 saturated heterocycles. The second-order valence-corrected chi connectivity index (χ2v) is 14.4. The number of cyclic esters (lactones) is 1. The lowest BCUT2D eigenvalue weighted by Crippen LogP contribution is -2.55. The number of nitrogens with zero attached hydrogens (tertiary/aromatic N) is 3. The normalized spacial score (nSPS) is 40.9. The van der Waals surface area contributed by atoms with Crippen LogP contribution in [0.2, 0.25) is 0 Å². The number of hydrogen-bond donors (Lipinski definition) is 0. The highest BCUT2D eigenvalue weighted by molar-refractivity contribution is 6.04. The maximum absolute atomic E-state index is 14.1. The van der Waals surface area contributed by atoms with Crippen LogP contribution in [0.1, 0.15) is 73.6 Å². The van der Waals surface area contributed by atoms with E-state index >= 15 is 0 Å². The first kappa shape index (κ1) is 34.4. The van der Waals surface area contributed by atoms with Gasteiger partial charge in [-0.2, -0.15) is 0 Å². The van der Waals surface area contributed by atoms with Crippen molar-refractivity contribution in [1.29, 1.82) is 0 Å². The average Bonchev–Trinajstić information content (AvgIpc) is 2.90. The van der Waals surface area contributed by atoms with E-state index in [4.69, 9.17) is 18.9 Å². The van der Waals surface area contributed by atoms with Crippen LogP contribution in [-0.4, -0.2) is 124 Å². The molecule has 238 valence electrons. The van der Waals surface area contributed by atoms with E-state index in [2.05, 4.69) is 56.7 Å². The lowest BCUT2D eigenvalue weighted by Gasteiger charge is -2.45.